The normalized spacial score (nSPS) is 12.4. The molecule has 0 saturated carbocycles. The minimum absolute atomic E-state index is 0.502. The van der Waals surface area contributed by atoms with E-state index in [1.54, 1.807) is 37.6 Å². The molecular weight excluding hydrogens is 194 g/mol. The van der Waals surface area contributed by atoms with Gasteiger partial charge in [0, 0.05) is 17.8 Å². The number of hydrogen-bond acceptors (Lipinski definition) is 4. The molecule has 1 atom stereocenters. The molecule has 1 N–H and O–H groups in total. The van der Waals surface area contributed by atoms with E-state index in [1.165, 1.54) is 6.26 Å². The predicted octanol–water partition coefficient (Wildman–Crippen LogP) is 1.76. The van der Waals surface area contributed by atoms with Gasteiger partial charge in [0.15, 0.2) is 0 Å². The third-order valence-electron chi connectivity index (χ3n) is 2.10. The highest BCUT2D eigenvalue weighted by Crippen LogP contribution is 2.22. The van der Waals surface area contributed by atoms with Crippen LogP contribution in [0.1, 0.15) is 17.4 Å². The van der Waals surface area contributed by atoms with E-state index in [0.717, 1.165) is 0 Å². The monoisotopic (exact) mass is 205 g/mol. The van der Waals surface area contributed by atoms with Crippen molar-refractivity contribution in [3.05, 3.63) is 48.0 Å². The molecule has 78 valence electrons. The van der Waals surface area contributed by atoms with Crippen LogP contribution in [0.4, 0.5) is 0 Å². The second-order valence-corrected chi connectivity index (χ2v) is 3.05. The summed E-state index contributed by atoms with van der Waals surface area (Å²) in [5.41, 5.74) is 0.672. The van der Waals surface area contributed by atoms with E-state index in [2.05, 4.69) is 4.98 Å². The Morgan fingerprint density at radius 1 is 1.40 bits per heavy atom. The van der Waals surface area contributed by atoms with E-state index in [9.17, 15) is 5.11 Å². The first kappa shape index (κ1) is 9.73. The fourth-order valence-electron chi connectivity index (χ4n) is 1.29. The van der Waals surface area contributed by atoms with E-state index in [-0.39, 0.29) is 0 Å². The van der Waals surface area contributed by atoms with E-state index in [1.807, 2.05) is 0 Å². The van der Waals surface area contributed by atoms with Gasteiger partial charge in [-0.3, -0.25) is 0 Å². The summed E-state index contributed by atoms with van der Waals surface area (Å²) >= 11 is 0. The second kappa shape index (κ2) is 4.14. The Kier molecular flexibility index (Phi) is 2.69. The first-order valence-electron chi connectivity index (χ1n) is 4.52. The number of ether oxygens (including phenoxy) is 1. The van der Waals surface area contributed by atoms with Crippen molar-refractivity contribution in [1.29, 1.82) is 0 Å². The highest BCUT2D eigenvalue weighted by atomic mass is 16.5. The van der Waals surface area contributed by atoms with Crippen LogP contribution in [0.5, 0.6) is 5.88 Å². The molecule has 0 amide bonds. The Hall–Kier alpha value is -1.81. The van der Waals surface area contributed by atoms with Crippen molar-refractivity contribution in [2.24, 2.45) is 0 Å². The average Bonchev–Trinajstić information content (AvgIpc) is 2.82. The van der Waals surface area contributed by atoms with Crippen LogP contribution in [0.15, 0.2) is 41.1 Å². The van der Waals surface area contributed by atoms with Crippen LogP contribution in [0.3, 0.4) is 0 Å². The summed E-state index contributed by atoms with van der Waals surface area (Å²) in [4.78, 5) is 4.00. The summed E-state index contributed by atoms with van der Waals surface area (Å²) in [5, 5.41) is 9.87. The quantitative estimate of drug-likeness (QED) is 0.829. The van der Waals surface area contributed by atoms with Crippen LogP contribution >= 0.6 is 0 Å². The zero-order valence-corrected chi connectivity index (χ0v) is 8.25. The molecule has 2 heterocycles. The number of nitrogens with zero attached hydrogens (tertiary/aromatic N) is 1. The largest absolute Gasteiger partial charge is 0.481 e. The second-order valence-electron chi connectivity index (χ2n) is 3.05. The highest BCUT2D eigenvalue weighted by Gasteiger charge is 2.13. The number of furan rings is 1. The third kappa shape index (κ3) is 1.99. The molecule has 1 unspecified atom stereocenters. The highest BCUT2D eigenvalue weighted by molar-refractivity contribution is 5.24. The van der Waals surface area contributed by atoms with Gasteiger partial charge in [0.05, 0.1) is 13.4 Å². The topological polar surface area (TPSA) is 55.5 Å². The molecule has 0 spiro atoms. The number of pyridine rings is 1. The summed E-state index contributed by atoms with van der Waals surface area (Å²) in [6.07, 6.45) is 2.31. The Labute approximate surface area is 87.1 Å². The van der Waals surface area contributed by atoms with Gasteiger partial charge in [0.25, 0.3) is 0 Å². The van der Waals surface area contributed by atoms with Gasteiger partial charge in [-0.05, 0) is 18.2 Å². The summed E-state index contributed by atoms with van der Waals surface area (Å²) in [6, 6.07) is 6.89. The Morgan fingerprint density at radius 3 is 2.80 bits per heavy atom. The smallest absolute Gasteiger partial charge is 0.212 e. The van der Waals surface area contributed by atoms with Crippen molar-refractivity contribution in [3.8, 4) is 5.88 Å². The Balaban J connectivity index is 2.22. The summed E-state index contributed by atoms with van der Waals surface area (Å²) in [6.45, 7) is 0. The van der Waals surface area contributed by atoms with Gasteiger partial charge in [0.1, 0.15) is 11.9 Å². The Bertz CT molecular complexity index is 408. The van der Waals surface area contributed by atoms with Crippen molar-refractivity contribution in [3.63, 3.8) is 0 Å². The number of hydrogen-bond donors (Lipinski definition) is 1. The van der Waals surface area contributed by atoms with Gasteiger partial charge >= 0.3 is 0 Å². The molecule has 0 saturated heterocycles. The van der Waals surface area contributed by atoms with Crippen LogP contribution in [0.2, 0.25) is 0 Å². The fourth-order valence-corrected chi connectivity index (χ4v) is 1.29. The third-order valence-corrected chi connectivity index (χ3v) is 2.10. The van der Waals surface area contributed by atoms with E-state index >= 15 is 0 Å². The van der Waals surface area contributed by atoms with Gasteiger partial charge in [-0.15, -0.1) is 0 Å². The molecule has 0 aliphatic rings. The molecule has 4 nitrogen and oxygen atoms in total. The number of aliphatic hydroxyl groups is 1. The summed E-state index contributed by atoms with van der Waals surface area (Å²) in [7, 11) is 1.55. The zero-order chi connectivity index (χ0) is 10.7. The van der Waals surface area contributed by atoms with Crippen molar-refractivity contribution < 1.29 is 14.3 Å². The number of rotatable bonds is 3. The summed E-state index contributed by atoms with van der Waals surface area (Å²) < 4.78 is 10.0. The van der Waals surface area contributed by atoms with E-state index in [4.69, 9.17) is 9.15 Å². The molecule has 2 aromatic heterocycles. The van der Waals surface area contributed by atoms with Crippen molar-refractivity contribution in [1.82, 2.24) is 4.98 Å². The van der Waals surface area contributed by atoms with Crippen LogP contribution in [-0.4, -0.2) is 17.2 Å². The summed E-state index contributed by atoms with van der Waals surface area (Å²) in [5.74, 6) is 1.02. The molecule has 2 aromatic rings. The first-order valence-corrected chi connectivity index (χ1v) is 4.52. The molecule has 0 aliphatic carbocycles. The molecule has 0 radical (unpaired) electrons. The van der Waals surface area contributed by atoms with Crippen LogP contribution in [-0.2, 0) is 0 Å². The van der Waals surface area contributed by atoms with Crippen LogP contribution in [0.25, 0.3) is 0 Å². The SMILES string of the molecule is COc1ccc(C(O)c2ccco2)cn1. The van der Waals surface area contributed by atoms with Gasteiger partial charge in [-0.25, -0.2) is 4.98 Å². The molecular formula is C11H11NO3. The maximum atomic E-state index is 9.87. The fraction of sp³-hybridized carbons (Fsp3) is 0.182. The van der Waals surface area contributed by atoms with Gasteiger partial charge in [-0.1, -0.05) is 0 Å². The van der Waals surface area contributed by atoms with Crippen molar-refractivity contribution in [2.45, 2.75) is 6.10 Å². The molecule has 15 heavy (non-hydrogen) atoms. The molecule has 0 aromatic carbocycles. The molecule has 2 rings (SSSR count). The number of aliphatic hydroxyl groups excluding tert-OH is 1. The van der Waals surface area contributed by atoms with Crippen molar-refractivity contribution >= 4 is 0 Å². The average molecular weight is 205 g/mol. The molecule has 0 bridgehead atoms. The molecule has 0 fully saturated rings. The lowest BCUT2D eigenvalue weighted by atomic mass is 10.1. The van der Waals surface area contributed by atoms with E-state index in [0.29, 0.717) is 17.2 Å². The lowest BCUT2D eigenvalue weighted by Gasteiger charge is -2.07. The maximum absolute atomic E-state index is 9.87. The van der Waals surface area contributed by atoms with Crippen molar-refractivity contribution in [2.75, 3.05) is 7.11 Å². The molecule has 4 heteroatoms. The van der Waals surface area contributed by atoms with Gasteiger partial charge in [-0.2, -0.15) is 0 Å². The lowest BCUT2D eigenvalue weighted by Crippen LogP contribution is -1.99. The van der Waals surface area contributed by atoms with Gasteiger partial charge in [0.2, 0.25) is 5.88 Å². The standard InChI is InChI=1S/C11H11NO3/c1-14-10-5-4-8(7-12-10)11(13)9-3-2-6-15-9/h2-7,11,13H,1H3. The first-order chi connectivity index (χ1) is 7.31. The Morgan fingerprint density at radius 2 is 2.27 bits per heavy atom. The number of methoxy groups -OCH3 is 1. The molecule has 0 aliphatic heterocycles. The lowest BCUT2D eigenvalue weighted by molar-refractivity contribution is 0.189. The van der Waals surface area contributed by atoms with Gasteiger partial charge < -0.3 is 14.3 Å². The minimum Gasteiger partial charge on any atom is -0.481 e. The number of aromatic nitrogens is 1. The van der Waals surface area contributed by atoms with E-state index < -0.39 is 6.10 Å². The zero-order valence-electron chi connectivity index (χ0n) is 8.25. The minimum atomic E-state index is -0.779. The predicted molar refractivity (Wildman–Crippen MR) is 53.6 cm³/mol. The van der Waals surface area contributed by atoms with Crippen LogP contribution in [0, 0.1) is 0 Å². The van der Waals surface area contributed by atoms with Crippen LogP contribution < -0.4 is 4.74 Å². The maximum Gasteiger partial charge on any atom is 0.212 e.